The molecule has 33 heteroatoms. The Bertz CT molecular complexity index is 2730. The van der Waals surface area contributed by atoms with Gasteiger partial charge in [-0.3, -0.25) is 0 Å². The summed E-state index contributed by atoms with van der Waals surface area (Å²) in [5.74, 6) is 7.13. The maximum Gasteiger partial charge on any atom is 0.173 e. The Morgan fingerprint density at radius 2 is 0.553 bits per heavy atom. The van der Waals surface area contributed by atoms with Gasteiger partial charge in [0.05, 0.1) is 11.2 Å². The summed E-state index contributed by atoms with van der Waals surface area (Å²) >= 11 is 0. The molecule has 428 valence electrons. The molecule has 14 bridgehead atoms. The SMILES string of the molecule is F[P-](F)(F)(F)(F)F.F[P-](F)(F)(F)(F)F.F[P-](F)(F)(F)(F)F.F[P-](F)(F)(F)(F)F.c1cc2ccc1C[n+]1ccc(cc1)-c1cc[n+](cc1)CC[C@]13O[C@]4(CC[n+]5ccc(cc5)-c5cc[n+](cc5)C2)[C@@H]2[C@@H]5C[C@H]([C@H]6[C@H]5[C@H]4[C@@H]61)[C@@H]23. The van der Waals surface area contributed by atoms with Gasteiger partial charge in [0.2, 0.25) is 0 Å². The van der Waals surface area contributed by atoms with Crippen LogP contribution < -0.4 is 18.3 Å². The van der Waals surface area contributed by atoms with Gasteiger partial charge in [-0.1, -0.05) is 24.3 Å². The number of hydrogen-bond acceptors (Lipinski definition) is 1. The van der Waals surface area contributed by atoms with E-state index in [9.17, 15) is 101 Å². The van der Waals surface area contributed by atoms with Crippen LogP contribution in [0.5, 0.6) is 0 Å². The summed E-state index contributed by atoms with van der Waals surface area (Å²) < 4.78 is 254. The molecule has 0 unspecified atom stereocenters. The van der Waals surface area contributed by atoms with E-state index in [0.717, 1.165) is 73.5 Å². The van der Waals surface area contributed by atoms with Gasteiger partial charge in [-0.2, -0.15) is 0 Å². The van der Waals surface area contributed by atoms with Crippen LogP contribution in [0.25, 0.3) is 22.3 Å². The molecular formula is C43H42F24N4OP4. The van der Waals surface area contributed by atoms with Gasteiger partial charge in [0.15, 0.2) is 75.8 Å². The van der Waals surface area contributed by atoms with Crippen LogP contribution in [0.4, 0.5) is 101 Å². The first-order valence-corrected chi connectivity index (χ1v) is 30.6. The average molecular weight is 1210 g/mol. The van der Waals surface area contributed by atoms with Crippen molar-refractivity contribution in [3.63, 3.8) is 0 Å². The average Bonchev–Trinajstić information content (AvgIpc) is 3.90. The quantitative estimate of drug-likeness (QED) is 0.0862. The zero-order valence-electron chi connectivity index (χ0n) is 38.2. The number of pyridine rings is 4. The third-order valence-electron chi connectivity index (χ3n) is 14.6. The Morgan fingerprint density at radius 3 is 0.789 bits per heavy atom. The van der Waals surface area contributed by atoms with E-state index >= 15 is 0 Å². The maximum absolute atomic E-state index is 10.7. The van der Waals surface area contributed by atoms with Crippen molar-refractivity contribution in [2.75, 3.05) is 0 Å². The van der Waals surface area contributed by atoms with Crippen molar-refractivity contribution in [3.05, 3.63) is 133 Å². The summed E-state index contributed by atoms with van der Waals surface area (Å²) in [7, 11) is -42.6. The molecule has 1 aromatic carbocycles. The van der Waals surface area contributed by atoms with Crippen LogP contribution in [0.15, 0.2) is 122 Å². The van der Waals surface area contributed by atoms with E-state index < -0.39 is 31.2 Å². The minimum absolute atomic E-state index is 0.130. The number of nitrogens with zero attached hydrogens (tertiary/aromatic N) is 4. The summed E-state index contributed by atoms with van der Waals surface area (Å²) in [6.07, 6.45) is 21.9. The second-order valence-electron chi connectivity index (χ2n) is 20.2. The molecule has 0 amide bonds. The van der Waals surface area contributed by atoms with E-state index in [1.807, 2.05) is 0 Å². The van der Waals surface area contributed by atoms with E-state index in [1.54, 1.807) is 0 Å². The fourth-order valence-corrected chi connectivity index (χ4v) is 13.2. The van der Waals surface area contributed by atoms with Gasteiger partial charge in [0, 0.05) is 72.5 Å². The number of hydrogen-bond donors (Lipinski definition) is 0. The third kappa shape index (κ3) is 16.0. The van der Waals surface area contributed by atoms with Crippen molar-refractivity contribution in [1.82, 2.24) is 0 Å². The van der Waals surface area contributed by atoms with Crippen LogP contribution >= 0.6 is 31.2 Å². The molecular weight excluding hydrogens is 1170 g/mol. The standard InChI is InChI=1S/C43H42N4O.4F6P/c1-2-29-4-3-28(1)26-46-19-9-32(10-20-46)30-5-15-44(16-6-30)23-13-42-38-34-25-35-37-36(34)40(42)41(37)43(48-42,39(35)38)14-24-45-17-7-31(8-18-45)33-11-21-47(27-29)22-12-33;4*1-7(2,3,4,5)6/h1-12,15-22,34-41H,13-14,23-27H2;;;;/q+4;4*-1/t34-,35-,36+,37+,38-,39+,40+,41-,42-,43-;;;;/m1..../s1. The van der Waals surface area contributed by atoms with E-state index in [0.29, 0.717) is 0 Å². The molecule has 4 aromatic heterocycles. The number of rotatable bonds is 0. The van der Waals surface area contributed by atoms with Gasteiger partial charge in [0.1, 0.15) is 0 Å². The normalized spacial score (nSPS) is 31.9. The Balaban J connectivity index is 0.000000226. The second kappa shape index (κ2) is 15.4. The Hall–Kier alpha value is -4.18. The molecule has 5 aliphatic carbocycles. The molecule has 20 heterocycles. The summed E-state index contributed by atoms with van der Waals surface area (Å²) in [5, 5.41) is 0. The maximum atomic E-state index is 9.87. The molecule has 0 radical (unpaired) electrons. The van der Waals surface area contributed by atoms with E-state index in [1.165, 1.54) is 52.6 Å². The summed E-state index contributed by atoms with van der Waals surface area (Å²) in [4.78, 5) is 0. The van der Waals surface area contributed by atoms with Crippen molar-refractivity contribution < 1.29 is 124 Å². The molecule has 5 nitrogen and oxygen atoms in total. The molecule has 5 aromatic rings. The smallest absolute Gasteiger partial charge is 0.173 e. The first-order chi connectivity index (χ1) is 33.5. The van der Waals surface area contributed by atoms with Crippen LogP contribution in [-0.2, 0) is 30.9 Å². The topological polar surface area (TPSA) is 24.8 Å². The first-order valence-electron chi connectivity index (χ1n) is 22.5. The first kappa shape index (κ1) is 58.0. The van der Waals surface area contributed by atoms with Crippen LogP contribution in [0.2, 0.25) is 0 Å². The number of ether oxygens (including phenoxy) is 1. The van der Waals surface area contributed by atoms with Gasteiger partial charge in [-0.05, 0) is 76.0 Å². The molecule has 2 spiro atoms. The molecule has 76 heavy (non-hydrogen) atoms. The van der Waals surface area contributed by atoms with Crippen molar-refractivity contribution in [3.8, 4) is 22.3 Å². The molecule has 10 atom stereocenters. The summed E-state index contributed by atoms with van der Waals surface area (Å²) in [6.45, 7) is 3.85. The molecule has 26 rings (SSSR count). The Kier molecular flexibility index (Phi) is 11.7. The predicted octanol–water partition coefficient (Wildman–Crippen LogP) is 18.5. The second-order valence-corrected chi connectivity index (χ2v) is 27.8. The minimum atomic E-state index is -10.7. The minimum Gasteiger partial charge on any atom is -0.367 e. The van der Waals surface area contributed by atoms with E-state index in [4.69, 9.17) is 4.74 Å². The molecule has 0 N–H and O–H groups in total. The zero-order chi connectivity index (χ0) is 56.8. The Labute approximate surface area is 414 Å². The molecule has 21 aliphatic rings. The van der Waals surface area contributed by atoms with E-state index in [2.05, 4.69) is 141 Å². The number of halogens is 24. The number of benzene rings is 1. The fourth-order valence-electron chi connectivity index (χ4n) is 13.2. The van der Waals surface area contributed by atoms with Crippen LogP contribution in [0.1, 0.15) is 30.4 Å². The monoisotopic (exact) mass is 1210 g/mol. The molecule has 16 aliphatic heterocycles. The molecule has 2 saturated heterocycles. The van der Waals surface area contributed by atoms with Gasteiger partial charge >= 0.3 is 132 Å². The van der Waals surface area contributed by atoms with E-state index in [-0.39, 0.29) is 11.2 Å². The third-order valence-corrected chi connectivity index (χ3v) is 14.6. The van der Waals surface area contributed by atoms with Gasteiger partial charge in [-0.25, -0.2) is 18.3 Å². The largest absolute Gasteiger partial charge is 0.367 e. The molecule has 7 fully saturated rings. The van der Waals surface area contributed by atoms with Crippen molar-refractivity contribution >= 4 is 31.2 Å². The molecule has 5 saturated carbocycles. The van der Waals surface area contributed by atoms with Crippen LogP contribution in [0, 0.1) is 47.3 Å². The van der Waals surface area contributed by atoms with Crippen molar-refractivity contribution in [2.45, 2.75) is 56.6 Å². The summed E-state index contributed by atoms with van der Waals surface area (Å²) in [6, 6.07) is 27.3. The Morgan fingerprint density at radius 1 is 0.329 bits per heavy atom. The van der Waals surface area contributed by atoms with Gasteiger partial charge in [-0.15, -0.1) is 0 Å². The fraction of sp³-hybridized carbons (Fsp3) is 0.395. The number of aromatic nitrogens is 4. The van der Waals surface area contributed by atoms with Crippen molar-refractivity contribution in [2.24, 2.45) is 47.3 Å². The zero-order valence-corrected chi connectivity index (χ0v) is 41.8. The van der Waals surface area contributed by atoms with Crippen LogP contribution in [-0.4, -0.2) is 11.2 Å². The van der Waals surface area contributed by atoms with Crippen LogP contribution in [0.3, 0.4) is 0 Å². The summed E-state index contributed by atoms with van der Waals surface area (Å²) in [5.41, 5.74) is 7.98. The van der Waals surface area contributed by atoms with Gasteiger partial charge < -0.3 is 4.74 Å². The predicted molar refractivity (Wildman–Crippen MR) is 232 cm³/mol. The van der Waals surface area contributed by atoms with Gasteiger partial charge in [0.25, 0.3) is 0 Å². The number of aryl methyl sites for hydroxylation is 2. The van der Waals surface area contributed by atoms with Crippen molar-refractivity contribution in [1.29, 1.82) is 0 Å².